The molecule has 0 radical (unpaired) electrons. The first kappa shape index (κ1) is 12.8. The first-order chi connectivity index (χ1) is 7.43. The highest BCUT2D eigenvalue weighted by Gasteiger charge is 2.18. The van der Waals surface area contributed by atoms with Crippen molar-refractivity contribution in [3.8, 4) is 5.88 Å². The van der Waals surface area contributed by atoms with E-state index in [1.54, 1.807) is 19.2 Å². The van der Waals surface area contributed by atoms with Crippen molar-refractivity contribution in [1.29, 1.82) is 0 Å². The van der Waals surface area contributed by atoms with Gasteiger partial charge in [-0.25, -0.2) is 9.19 Å². The highest BCUT2D eigenvalue weighted by atomic mass is 32.2. The number of nitrogens with zero attached hydrogens (tertiary/aromatic N) is 2. The van der Waals surface area contributed by atoms with Crippen LogP contribution in [0, 0.1) is 0 Å². The molecule has 0 aromatic carbocycles. The molecule has 0 aliphatic rings. The summed E-state index contributed by atoms with van der Waals surface area (Å²) in [5.41, 5.74) is 0.636. The van der Waals surface area contributed by atoms with Gasteiger partial charge in [-0.15, -0.1) is 0 Å². The zero-order valence-corrected chi connectivity index (χ0v) is 10.7. The Balaban J connectivity index is 2.80. The molecule has 0 aliphatic heterocycles. The van der Waals surface area contributed by atoms with Crippen LogP contribution in [0.1, 0.15) is 26.5 Å². The van der Waals surface area contributed by atoms with Gasteiger partial charge in [-0.05, 0) is 26.8 Å². The molecule has 0 saturated heterocycles. The molecule has 0 bridgehead atoms. The van der Waals surface area contributed by atoms with Crippen LogP contribution in [0.4, 0.5) is 0 Å². The van der Waals surface area contributed by atoms with E-state index < -0.39 is 11.0 Å². The maximum Gasteiger partial charge on any atom is 0.213 e. The van der Waals surface area contributed by atoms with E-state index in [1.807, 2.05) is 26.8 Å². The number of hydrogen-bond acceptors (Lipinski definition) is 3. The van der Waals surface area contributed by atoms with Crippen molar-refractivity contribution < 1.29 is 8.95 Å². The van der Waals surface area contributed by atoms with E-state index in [2.05, 4.69) is 9.38 Å². The van der Waals surface area contributed by atoms with E-state index in [0.717, 1.165) is 0 Å². The van der Waals surface area contributed by atoms with Crippen molar-refractivity contribution in [3.63, 3.8) is 0 Å². The number of aromatic nitrogens is 1. The molecule has 0 spiro atoms. The van der Waals surface area contributed by atoms with Crippen molar-refractivity contribution in [2.24, 2.45) is 4.40 Å². The lowest BCUT2D eigenvalue weighted by Gasteiger charge is -2.12. The number of pyridine rings is 1. The zero-order valence-electron chi connectivity index (χ0n) is 9.93. The van der Waals surface area contributed by atoms with Crippen molar-refractivity contribution in [3.05, 3.63) is 23.9 Å². The summed E-state index contributed by atoms with van der Waals surface area (Å²) in [5.74, 6) is 0.519. The Kier molecular flexibility index (Phi) is 4.18. The van der Waals surface area contributed by atoms with Gasteiger partial charge in [0.05, 0.1) is 23.8 Å². The van der Waals surface area contributed by atoms with Crippen LogP contribution in [0.25, 0.3) is 0 Å². The molecule has 0 unspecified atom stereocenters. The van der Waals surface area contributed by atoms with Crippen molar-refractivity contribution in [2.45, 2.75) is 25.5 Å². The second-order valence-electron chi connectivity index (χ2n) is 4.20. The quantitative estimate of drug-likeness (QED) is 0.759. The number of methoxy groups -OCH3 is 1. The third-order valence-corrected chi connectivity index (χ3v) is 3.10. The van der Waals surface area contributed by atoms with Gasteiger partial charge in [-0.3, -0.25) is 0 Å². The van der Waals surface area contributed by atoms with E-state index in [9.17, 15) is 4.21 Å². The molecule has 0 saturated carbocycles. The molecule has 16 heavy (non-hydrogen) atoms. The van der Waals surface area contributed by atoms with Crippen LogP contribution in [0.15, 0.2) is 22.6 Å². The molecule has 5 heteroatoms. The molecule has 0 aliphatic carbocycles. The van der Waals surface area contributed by atoms with Crippen LogP contribution in [0.5, 0.6) is 5.88 Å². The molecule has 1 aromatic rings. The predicted octanol–water partition coefficient (Wildman–Crippen LogP) is 1.97. The topological polar surface area (TPSA) is 51.5 Å². The molecule has 0 fully saturated rings. The minimum atomic E-state index is -1.26. The van der Waals surface area contributed by atoms with Crippen molar-refractivity contribution >= 4 is 17.2 Å². The maximum absolute atomic E-state index is 11.6. The molecule has 1 heterocycles. The van der Waals surface area contributed by atoms with E-state index in [-0.39, 0.29) is 4.75 Å². The Bertz CT molecular complexity index is 411. The average molecular weight is 240 g/mol. The number of ether oxygens (including phenoxy) is 1. The summed E-state index contributed by atoms with van der Waals surface area (Å²) >= 11 is 0. The van der Waals surface area contributed by atoms with Crippen LogP contribution in [0.3, 0.4) is 0 Å². The maximum atomic E-state index is 11.6. The van der Waals surface area contributed by atoms with E-state index in [1.165, 1.54) is 6.21 Å². The largest absolute Gasteiger partial charge is 0.481 e. The van der Waals surface area contributed by atoms with Gasteiger partial charge in [-0.2, -0.15) is 4.40 Å². The molecule has 0 amide bonds. The Labute approximate surface area is 98.4 Å². The van der Waals surface area contributed by atoms with Gasteiger partial charge in [0, 0.05) is 6.07 Å². The molecule has 1 rings (SSSR count). The van der Waals surface area contributed by atoms with Crippen LogP contribution < -0.4 is 4.74 Å². The molecule has 4 nitrogen and oxygen atoms in total. The lowest BCUT2D eigenvalue weighted by Crippen LogP contribution is -2.19. The Morgan fingerprint density at radius 2 is 2.12 bits per heavy atom. The van der Waals surface area contributed by atoms with Crippen LogP contribution in [0.2, 0.25) is 0 Å². The first-order valence-electron chi connectivity index (χ1n) is 4.90. The van der Waals surface area contributed by atoms with Crippen molar-refractivity contribution in [2.75, 3.05) is 7.11 Å². The summed E-state index contributed by atoms with van der Waals surface area (Å²) in [5, 5.41) is 0. The fourth-order valence-electron chi connectivity index (χ4n) is 0.876. The zero-order chi connectivity index (χ0) is 12.2. The SMILES string of the molecule is COc1cccc(C=N[S@@](=O)C(C)(C)C)n1. The molecule has 0 N–H and O–H groups in total. The van der Waals surface area contributed by atoms with Crippen LogP contribution >= 0.6 is 0 Å². The smallest absolute Gasteiger partial charge is 0.213 e. The van der Waals surface area contributed by atoms with Gasteiger partial charge in [0.25, 0.3) is 0 Å². The molecule has 88 valence electrons. The summed E-state index contributed by atoms with van der Waals surface area (Å²) in [4.78, 5) is 4.14. The summed E-state index contributed by atoms with van der Waals surface area (Å²) in [6.07, 6.45) is 1.50. The molecular weight excluding hydrogens is 224 g/mol. The van der Waals surface area contributed by atoms with Gasteiger partial charge in [0.15, 0.2) is 0 Å². The van der Waals surface area contributed by atoms with Gasteiger partial charge < -0.3 is 4.74 Å². The lowest BCUT2D eigenvalue weighted by atomic mass is 10.3. The van der Waals surface area contributed by atoms with Gasteiger partial charge >= 0.3 is 0 Å². The highest BCUT2D eigenvalue weighted by Crippen LogP contribution is 2.12. The van der Waals surface area contributed by atoms with E-state index in [4.69, 9.17) is 4.74 Å². The fraction of sp³-hybridized carbons (Fsp3) is 0.455. The Morgan fingerprint density at radius 1 is 1.44 bits per heavy atom. The molecule has 1 atom stereocenters. The minimum Gasteiger partial charge on any atom is -0.481 e. The second kappa shape index (κ2) is 5.21. The van der Waals surface area contributed by atoms with E-state index in [0.29, 0.717) is 11.6 Å². The third kappa shape index (κ3) is 3.73. The Morgan fingerprint density at radius 3 is 2.69 bits per heavy atom. The average Bonchev–Trinajstić information content (AvgIpc) is 2.25. The van der Waals surface area contributed by atoms with Crippen LogP contribution in [-0.2, 0) is 11.0 Å². The highest BCUT2D eigenvalue weighted by molar-refractivity contribution is 7.85. The standard InChI is InChI=1S/C11H16N2O2S/c1-11(2,3)16(14)12-8-9-6-5-7-10(13-9)15-4/h5-8H,1-4H3/t16-/m0/s1. The number of hydrogen-bond donors (Lipinski definition) is 0. The normalized spacial score (nSPS) is 14.0. The second-order valence-corrected chi connectivity index (χ2v) is 6.13. The summed E-state index contributed by atoms with van der Waals surface area (Å²) in [6.45, 7) is 5.62. The molecular formula is C11H16N2O2S. The minimum absolute atomic E-state index is 0.352. The predicted molar refractivity (Wildman–Crippen MR) is 66.3 cm³/mol. The lowest BCUT2D eigenvalue weighted by molar-refractivity contribution is 0.397. The van der Waals surface area contributed by atoms with Crippen LogP contribution in [-0.4, -0.2) is 27.3 Å². The van der Waals surface area contributed by atoms with E-state index >= 15 is 0 Å². The number of rotatable bonds is 3. The molecule has 1 aromatic heterocycles. The first-order valence-corrected chi connectivity index (χ1v) is 6.01. The summed E-state index contributed by atoms with van der Waals surface area (Å²) in [6, 6.07) is 5.34. The summed E-state index contributed by atoms with van der Waals surface area (Å²) < 4.78 is 20.2. The third-order valence-electron chi connectivity index (χ3n) is 1.76. The van der Waals surface area contributed by atoms with Gasteiger partial charge in [0.1, 0.15) is 11.0 Å². The fourth-order valence-corrected chi connectivity index (χ4v) is 1.40. The van der Waals surface area contributed by atoms with Crippen molar-refractivity contribution in [1.82, 2.24) is 4.98 Å². The van der Waals surface area contributed by atoms with Gasteiger partial charge in [0.2, 0.25) is 5.88 Å². The van der Waals surface area contributed by atoms with Gasteiger partial charge in [-0.1, -0.05) is 6.07 Å². The monoisotopic (exact) mass is 240 g/mol. The Hall–Kier alpha value is -1.23. The summed E-state index contributed by atoms with van der Waals surface area (Å²) in [7, 11) is 0.294.